The van der Waals surface area contributed by atoms with Crippen molar-refractivity contribution in [1.29, 1.82) is 0 Å². The minimum absolute atomic E-state index is 0.0201. The number of nitrogens with zero attached hydrogens (tertiary/aromatic N) is 4. The van der Waals surface area contributed by atoms with Crippen LogP contribution in [0.1, 0.15) is 11.3 Å². The zero-order valence-electron chi connectivity index (χ0n) is 14.5. The van der Waals surface area contributed by atoms with Crippen molar-refractivity contribution in [2.45, 2.75) is 20.0 Å². The second-order valence-electron chi connectivity index (χ2n) is 6.43. The van der Waals surface area contributed by atoms with Gasteiger partial charge in [0.25, 0.3) is 0 Å². The third kappa shape index (κ3) is 4.10. The molecule has 1 N–H and O–H groups in total. The molecule has 0 saturated carbocycles. The summed E-state index contributed by atoms with van der Waals surface area (Å²) in [6.07, 6.45) is 0. The molecule has 0 aliphatic carbocycles. The standard InChI is InChI=1S/C17H20BrN5O3/c1-13-16(18)17(23(25)26)19-22(13)12-15(24)21-9-7-20(8-10-21)11-14-5-3-2-4-6-14/h2-6H,7-12H2,1H3/p+1. The summed E-state index contributed by atoms with van der Waals surface area (Å²) in [4.78, 5) is 26.2. The van der Waals surface area contributed by atoms with Crippen molar-refractivity contribution in [1.82, 2.24) is 14.7 Å². The molecule has 0 spiro atoms. The fourth-order valence-electron chi connectivity index (χ4n) is 3.14. The predicted molar refractivity (Wildman–Crippen MR) is 98.7 cm³/mol. The molecule has 26 heavy (non-hydrogen) atoms. The molecule has 3 rings (SSSR count). The highest BCUT2D eigenvalue weighted by atomic mass is 79.9. The lowest BCUT2D eigenvalue weighted by atomic mass is 10.2. The van der Waals surface area contributed by atoms with Gasteiger partial charge in [-0.15, -0.1) is 0 Å². The topological polar surface area (TPSA) is 85.7 Å². The zero-order chi connectivity index (χ0) is 18.7. The van der Waals surface area contributed by atoms with Crippen LogP contribution in [0.15, 0.2) is 34.8 Å². The molecule has 1 aliphatic rings. The van der Waals surface area contributed by atoms with Gasteiger partial charge in [0.1, 0.15) is 17.6 Å². The van der Waals surface area contributed by atoms with E-state index in [4.69, 9.17) is 0 Å². The van der Waals surface area contributed by atoms with Gasteiger partial charge in [-0.25, -0.2) is 0 Å². The summed E-state index contributed by atoms with van der Waals surface area (Å²) in [5, 5.41) is 14.9. The molecule has 9 heteroatoms. The number of amides is 1. The normalized spacial score (nSPS) is 15.2. The summed E-state index contributed by atoms with van der Waals surface area (Å²) < 4.78 is 1.72. The van der Waals surface area contributed by atoms with Crippen molar-refractivity contribution in [3.05, 3.63) is 56.2 Å². The van der Waals surface area contributed by atoms with E-state index in [2.05, 4.69) is 33.2 Å². The number of rotatable bonds is 5. The first-order valence-corrected chi connectivity index (χ1v) is 9.27. The second kappa shape index (κ2) is 7.96. The van der Waals surface area contributed by atoms with E-state index in [1.54, 1.807) is 6.92 Å². The zero-order valence-corrected chi connectivity index (χ0v) is 16.1. The van der Waals surface area contributed by atoms with Crippen LogP contribution in [-0.4, -0.2) is 51.7 Å². The van der Waals surface area contributed by atoms with E-state index in [0.717, 1.165) is 19.6 Å². The van der Waals surface area contributed by atoms with Crippen molar-refractivity contribution in [2.24, 2.45) is 0 Å². The minimum atomic E-state index is -0.552. The number of piperazine rings is 1. The van der Waals surface area contributed by atoms with Crippen molar-refractivity contribution in [2.75, 3.05) is 26.2 Å². The first-order valence-electron chi connectivity index (χ1n) is 8.48. The van der Waals surface area contributed by atoms with E-state index < -0.39 is 4.92 Å². The molecule has 1 aromatic heterocycles. The van der Waals surface area contributed by atoms with Gasteiger partial charge >= 0.3 is 5.82 Å². The quantitative estimate of drug-likeness (QED) is 0.569. The molecule has 0 bridgehead atoms. The summed E-state index contributed by atoms with van der Waals surface area (Å²) in [6, 6.07) is 10.3. The highest BCUT2D eigenvalue weighted by Crippen LogP contribution is 2.26. The Labute approximate surface area is 159 Å². The van der Waals surface area contributed by atoms with Crippen LogP contribution in [0.2, 0.25) is 0 Å². The Morgan fingerprint density at radius 3 is 2.54 bits per heavy atom. The summed E-state index contributed by atoms with van der Waals surface area (Å²) in [7, 11) is 0. The van der Waals surface area contributed by atoms with Crippen molar-refractivity contribution >= 4 is 27.7 Å². The molecular weight excluding hydrogens is 402 g/mol. The number of hydrogen-bond acceptors (Lipinski definition) is 4. The predicted octanol–water partition coefficient (Wildman–Crippen LogP) is 0.790. The molecule has 1 fully saturated rings. The third-order valence-electron chi connectivity index (χ3n) is 4.69. The fourth-order valence-corrected chi connectivity index (χ4v) is 3.57. The van der Waals surface area contributed by atoms with Gasteiger partial charge in [-0.3, -0.25) is 4.79 Å². The molecule has 0 atom stereocenters. The third-order valence-corrected chi connectivity index (χ3v) is 5.62. The van der Waals surface area contributed by atoms with Crippen LogP contribution in [0.4, 0.5) is 5.82 Å². The van der Waals surface area contributed by atoms with E-state index >= 15 is 0 Å². The Balaban J connectivity index is 1.56. The minimum Gasteiger partial charge on any atom is -0.358 e. The molecule has 0 unspecified atom stereocenters. The number of carbonyl (C=O) groups excluding carboxylic acids is 1. The maximum atomic E-state index is 12.5. The maximum Gasteiger partial charge on any atom is 0.404 e. The van der Waals surface area contributed by atoms with Crippen LogP contribution in [0.3, 0.4) is 0 Å². The van der Waals surface area contributed by atoms with Gasteiger partial charge in [0, 0.05) is 5.56 Å². The Kier molecular flexibility index (Phi) is 5.67. The largest absolute Gasteiger partial charge is 0.404 e. The van der Waals surface area contributed by atoms with E-state index in [1.165, 1.54) is 15.1 Å². The van der Waals surface area contributed by atoms with Crippen molar-refractivity contribution in [3.8, 4) is 0 Å². The van der Waals surface area contributed by atoms with Crippen LogP contribution >= 0.6 is 15.9 Å². The molecule has 138 valence electrons. The lowest BCUT2D eigenvalue weighted by Gasteiger charge is -2.32. The van der Waals surface area contributed by atoms with Crippen LogP contribution in [0.5, 0.6) is 0 Å². The molecule has 1 aliphatic heterocycles. The molecule has 2 heterocycles. The lowest BCUT2D eigenvalue weighted by Crippen LogP contribution is -3.13. The van der Waals surface area contributed by atoms with E-state index in [9.17, 15) is 14.9 Å². The Hall–Kier alpha value is -2.26. The first-order chi connectivity index (χ1) is 12.5. The first kappa shape index (κ1) is 18.5. The van der Waals surface area contributed by atoms with Crippen molar-refractivity contribution < 1.29 is 14.6 Å². The van der Waals surface area contributed by atoms with Gasteiger partial charge < -0.3 is 19.9 Å². The van der Waals surface area contributed by atoms with E-state index in [1.807, 2.05) is 23.1 Å². The van der Waals surface area contributed by atoms with Crippen LogP contribution < -0.4 is 4.90 Å². The van der Waals surface area contributed by atoms with Gasteiger partial charge in [0.15, 0.2) is 0 Å². The molecule has 1 saturated heterocycles. The number of quaternary nitrogens is 1. The maximum absolute atomic E-state index is 12.5. The van der Waals surface area contributed by atoms with Gasteiger partial charge in [0.2, 0.25) is 5.91 Å². The number of nitrogens with one attached hydrogen (secondary N) is 1. The highest BCUT2D eigenvalue weighted by molar-refractivity contribution is 9.10. The average molecular weight is 423 g/mol. The lowest BCUT2D eigenvalue weighted by molar-refractivity contribution is -0.917. The summed E-state index contributed by atoms with van der Waals surface area (Å²) in [5.74, 6) is -0.316. The van der Waals surface area contributed by atoms with Crippen molar-refractivity contribution in [3.63, 3.8) is 0 Å². The van der Waals surface area contributed by atoms with Gasteiger partial charge in [-0.2, -0.15) is 4.68 Å². The van der Waals surface area contributed by atoms with Crippen LogP contribution in [0.25, 0.3) is 0 Å². The Morgan fingerprint density at radius 2 is 1.96 bits per heavy atom. The fraction of sp³-hybridized carbons (Fsp3) is 0.412. The Morgan fingerprint density at radius 1 is 1.31 bits per heavy atom. The van der Waals surface area contributed by atoms with Gasteiger partial charge in [-0.05, 0) is 27.8 Å². The molecule has 1 amide bonds. The number of aromatic nitrogens is 2. The number of nitro groups is 1. The second-order valence-corrected chi connectivity index (χ2v) is 7.22. The summed E-state index contributed by atoms with van der Waals surface area (Å²) >= 11 is 3.17. The van der Waals surface area contributed by atoms with E-state index in [0.29, 0.717) is 23.3 Å². The summed E-state index contributed by atoms with van der Waals surface area (Å²) in [6.45, 7) is 5.84. The molecule has 1 aromatic carbocycles. The molecule has 8 nitrogen and oxygen atoms in total. The Bertz CT molecular complexity index is 800. The number of halogens is 1. The average Bonchev–Trinajstić information content (AvgIpc) is 2.92. The molecule has 0 radical (unpaired) electrons. The number of benzene rings is 1. The van der Waals surface area contributed by atoms with Crippen LogP contribution in [0, 0.1) is 17.0 Å². The monoisotopic (exact) mass is 422 g/mol. The summed E-state index contributed by atoms with van der Waals surface area (Å²) in [5.41, 5.74) is 1.88. The number of hydrogen-bond donors (Lipinski definition) is 1. The van der Waals surface area contributed by atoms with Gasteiger partial charge in [0.05, 0.1) is 37.0 Å². The highest BCUT2D eigenvalue weighted by Gasteiger charge is 2.28. The smallest absolute Gasteiger partial charge is 0.358 e. The number of carbonyl (C=O) groups is 1. The molecule has 2 aromatic rings. The van der Waals surface area contributed by atoms with E-state index in [-0.39, 0.29) is 18.3 Å². The van der Waals surface area contributed by atoms with Gasteiger partial charge in [-0.1, -0.05) is 30.3 Å². The SMILES string of the molecule is Cc1c(Br)c([N+](=O)[O-])nn1CC(=O)N1CC[NH+](Cc2ccccc2)CC1. The van der Waals surface area contributed by atoms with Crippen LogP contribution in [-0.2, 0) is 17.9 Å². The molecular formula is C17H21BrN5O3+.